The molecule has 0 radical (unpaired) electrons. The summed E-state index contributed by atoms with van der Waals surface area (Å²) in [5.74, 6) is 0.136. The van der Waals surface area contributed by atoms with Gasteiger partial charge >= 0.3 is 0 Å². The van der Waals surface area contributed by atoms with Crippen LogP contribution in [-0.4, -0.2) is 17.5 Å². The highest BCUT2D eigenvalue weighted by atomic mass is 32.2. The van der Waals surface area contributed by atoms with Crippen molar-refractivity contribution in [1.29, 1.82) is 0 Å². The van der Waals surface area contributed by atoms with E-state index in [0.717, 1.165) is 10.4 Å². The molecule has 1 heterocycles. The Balaban J connectivity index is 2.74. The number of thioether (sulfide) groups is 1. The Morgan fingerprint density at radius 1 is 1.54 bits per heavy atom. The first kappa shape index (κ1) is 8.31. The monoisotopic (exact) mass is 193 g/mol. The minimum Gasteiger partial charge on any atom is -0.434 e. The van der Waals surface area contributed by atoms with Crippen molar-refractivity contribution < 1.29 is 9.21 Å². The zero-order valence-electron chi connectivity index (χ0n) is 6.98. The minimum atomic E-state index is 0.136. The molecule has 0 fully saturated rings. The molecule has 66 valence electrons. The Hall–Kier alpha value is -1.29. The zero-order chi connectivity index (χ0) is 9.26. The molecule has 4 heteroatoms. The van der Waals surface area contributed by atoms with Crippen molar-refractivity contribution in [3.05, 3.63) is 24.1 Å². The molecule has 0 aliphatic heterocycles. The van der Waals surface area contributed by atoms with Crippen LogP contribution < -0.4 is 0 Å². The molecule has 2 aromatic rings. The number of nitrogens with zero attached hydrogens (tertiary/aromatic N) is 1. The molecule has 0 spiro atoms. The summed E-state index contributed by atoms with van der Waals surface area (Å²) in [4.78, 5) is 15.5. The van der Waals surface area contributed by atoms with Crippen LogP contribution in [0.1, 0.15) is 10.7 Å². The van der Waals surface area contributed by atoms with Gasteiger partial charge in [-0.2, -0.15) is 0 Å². The van der Waals surface area contributed by atoms with E-state index in [1.807, 2.05) is 18.4 Å². The van der Waals surface area contributed by atoms with Gasteiger partial charge in [-0.25, -0.2) is 4.98 Å². The van der Waals surface area contributed by atoms with Gasteiger partial charge in [0.25, 0.3) is 5.89 Å². The second kappa shape index (κ2) is 3.22. The molecule has 0 aliphatic rings. The van der Waals surface area contributed by atoms with Crippen LogP contribution in [0.25, 0.3) is 11.1 Å². The van der Waals surface area contributed by atoms with Gasteiger partial charge in [0.1, 0.15) is 5.52 Å². The quantitative estimate of drug-likeness (QED) is 0.542. The lowest BCUT2D eigenvalue weighted by atomic mass is 10.3. The summed E-state index contributed by atoms with van der Waals surface area (Å²) in [5.41, 5.74) is 1.42. The number of aldehydes is 1. The molecule has 1 aromatic heterocycles. The number of hydrogen-bond donors (Lipinski definition) is 0. The number of rotatable bonds is 2. The summed E-state index contributed by atoms with van der Waals surface area (Å²) in [7, 11) is 0. The van der Waals surface area contributed by atoms with Crippen molar-refractivity contribution in [2.24, 2.45) is 0 Å². The Kier molecular flexibility index (Phi) is 2.06. The van der Waals surface area contributed by atoms with Crippen molar-refractivity contribution in [3.8, 4) is 0 Å². The Morgan fingerprint density at radius 3 is 3.08 bits per heavy atom. The van der Waals surface area contributed by atoms with E-state index in [-0.39, 0.29) is 5.89 Å². The number of aromatic nitrogens is 1. The van der Waals surface area contributed by atoms with E-state index in [4.69, 9.17) is 4.42 Å². The molecular formula is C9H7NO2S. The fourth-order valence-electron chi connectivity index (χ4n) is 1.16. The minimum absolute atomic E-state index is 0.136. The molecule has 0 N–H and O–H groups in total. The topological polar surface area (TPSA) is 43.1 Å². The second-order valence-electron chi connectivity index (χ2n) is 2.48. The molecular weight excluding hydrogens is 186 g/mol. The van der Waals surface area contributed by atoms with Crippen molar-refractivity contribution in [1.82, 2.24) is 4.98 Å². The Morgan fingerprint density at radius 2 is 2.38 bits per heavy atom. The van der Waals surface area contributed by atoms with Crippen LogP contribution in [0.4, 0.5) is 0 Å². The molecule has 3 nitrogen and oxygen atoms in total. The van der Waals surface area contributed by atoms with Gasteiger partial charge in [0.05, 0.1) is 0 Å². The molecule has 13 heavy (non-hydrogen) atoms. The third-order valence-corrected chi connectivity index (χ3v) is 2.49. The van der Waals surface area contributed by atoms with E-state index in [1.165, 1.54) is 0 Å². The fourth-order valence-corrected chi connectivity index (χ4v) is 1.71. The smallest absolute Gasteiger partial charge is 0.260 e. The number of oxazole rings is 1. The molecule has 0 atom stereocenters. The molecule has 0 amide bonds. The lowest BCUT2D eigenvalue weighted by Gasteiger charge is -1.93. The van der Waals surface area contributed by atoms with Crippen LogP contribution >= 0.6 is 11.8 Å². The summed E-state index contributed by atoms with van der Waals surface area (Å²) in [6.07, 6.45) is 2.58. The highest BCUT2D eigenvalue weighted by molar-refractivity contribution is 7.98. The van der Waals surface area contributed by atoms with Crippen molar-refractivity contribution in [2.45, 2.75) is 4.90 Å². The lowest BCUT2D eigenvalue weighted by Crippen LogP contribution is -1.77. The van der Waals surface area contributed by atoms with E-state index < -0.39 is 0 Å². The Labute approximate surface area is 79.1 Å². The first-order valence-corrected chi connectivity index (χ1v) is 4.96. The van der Waals surface area contributed by atoms with Crippen LogP contribution in [0.2, 0.25) is 0 Å². The first-order chi connectivity index (χ1) is 6.35. The molecule has 0 unspecified atom stereocenters. The number of benzene rings is 1. The summed E-state index contributed by atoms with van der Waals surface area (Å²) < 4.78 is 5.17. The summed E-state index contributed by atoms with van der Waals surface area (Å²) in [6.45, 7) is 0. The van der Waals surface area contributed by atoms with Crippen LogP contribution in [0.5, 0.6) is 0 Å². The van der Waals surface area contributed by atoms with Crippen molar-refractivity contribution in [2.75, 3.05) is 6.26 Å². The van der Waals surface area contributed by atoms with E-state index in [0.29, 0.717) is 11.9 Å². The van der Waals surface area contributed by atoms with Gasteiger partial charge in [-0.15, -0.1) is 11.8 Å². The number of carbonyl (C=O) groups is 1. The SMILES string of the molecule is CSc1cccc2oc(C=O)nc12. The van der Waals surface area contributed by atoms with Crippen LogP contribution in [0.15, 0.2) is 27.5 Å². The highest BCUT2D eigenvalue weighted by Crippen LogP contribution is 2.25. The normalized spacial score (nSPS) is 10.5. The lowest BCUT2D eigenvalue weighted by molar-refractivity contribution is 0.109. The highest BCUT2D eigenvalue weighted by Gasteiger charge is 2.07. The average Bonchev–Trinajstić information content (AvgIpc) is 2.59. The summed E-state index contributed by atoms with van der Waals surface area (Å²) in [5, 5.41) is 0. The van der Waals surface area contributed by atoms with E-state index >= 15 is 0 Å². The van der Waals surface area contributed by atoms with Crippen molar-refractivity contribution in [3.63, 3.8) is 0 Å². The van der Waals surface area contributed by atoms with Gasteiger partial charge in [0, 0.05) is 4.90 Å². The maximum absolute atomic E-state index is 10.4. The third-order valence-electron chi connectivity index (χ3n) is 1.72. The van der Waals surface area contributed by atoms with Gasteiger partial charge in [-0.3, -0.25) is 4.79 Å². The van der Waals surface area contributed by atoms with Gasteiger partial charge in [0.15, 0.2) is 5.58 Å². The van der Waals surface area contributed by atoms with Crippen LogP contribution in [-0.2, 0) is 0 Å². The molecule has 1 aromatic carbocycles. The summed E-state index contributed by atoms with van der Waals surface area (Å²) >= 11 is 1.58. The van der Waals surface area contributed by atoms with E-state index in [9.17, 15) is 4.79 Å². The molecule has 0 bridgehead atoms. The first-order valence-electron chi connectivity index (χ1n) is 3.74. The maximum Gasteiger partial charge on any atom is 0.260 e. The van der Waals surface area contributed by atoms with E-state index in [1.54, 1.807) is 17.8 Å². The zero-order valence-corrected chi connectivity index (χ0v) is 7.80. The fraction of sp³-hybridized carbons (Fsp3) is 0.111. The standard InChI is InChI=1S/C9H7NO2S/c1-13-7-4-2-3-6-9(7)10-8(5-11)12-6/h2-5H,1H3. The second-order valence-corrected chi connectivity index (χ2v) is 3.33. The Bertz CT molecular complexity index is 450. The predicted molar refractivity (Wildman–Crippen MR) is 51.2 cm³/mol. The number of carbonyl (C=O) groups excluding carboxylic acids is 1. The largest absolute Gasteiger partial charge is 0.434 e. The van der Waals surface area contributed by atoms with Gasteiger partial charge in [0.2, 0.25) is 6.29 Å². The number of hydrogen-bond acceptors (Lipinski definition) is 4. The van der Waals surface area contributed by atoms with Gasteiger partial charge in [-0.1, -0.05) is 6.07 Å². The maximum atomic E-state index is 10.4. The number of fused-ring (bicyclic) bond motifs is 1. The van der Waals surface area contributed by atoms with Crippen LogP contribution in [0, 0.1) is 0 Å². The molecule has 0 saturated heterocycles. The number of para-hydroxylation sites is 1. The molecule has 0 aliphatic carbocycles. The van der Waals surface area contributed by atoms with Crippen LogP contribution in [0.3, 0.4) is 0 Å². The third kappa shape index (κ3) is 1.33. The van der Waals surface area contributed by atoms with Gasteiger partial charge in [-0.05, 0) is 18.4 Å². The summed E-state index contributed by atoms with van der Waals surface area (Å²) in [6, 6.07) is 5.63. The van der Waals surface area contributed by atoms with Gasteiger partial charge < -0.3 is 4.42 Å². The molecule has 0 saturated carbocycles. The molecule has 2 rings (SSSR count). The van der Waals surface area contributed by atoms with E-state index in [2.05, 4.69) is 4.98 Å². The average molecular weight is 193 g/mol. The van der Waals surface area contributed by atoms with Crippen molar-refractivity contribution >= 4 is 29.1 Å². The predicted octanol–water partition coefficient (Wildman–Crippen LogP) is 2.36.